The van der Waals surface area contributed by atoms with Crippen molar-refractivity contribution in [3.8, 4) is 0 Å². The molecular weight excluding hydrogens is 240 g/mol. The Morgan fingerprint density at radius 3 is 2.37 bits per heavy atom. The highest BCUT2D eigenvalue weighted by atomic mass is 16.7. The second-order valence-corrected chi connectivity index (χ2v) is 6.01. The van der Waals surface area contributed by atoms with Gasteiger partial charge in [-0.05, 0) is 33.1 Å². The van der Waals surface area contributed by atoms with Crippen LogP contribution in [0.15, 0.2) is 24.8 Å². The smallest absolute Gasteiger partial charge is 0.163 e. The van der Waals surface area contributed by atoms with Gasteiger partial charge in [-0.1, -0.05) is 32.1 Å². The number of hydrogen-bond acceptors (Lipinski definition) is 3. The van der Waals surface area contributed by atoms with E-state index in [4.69, 9.17) is 9.47 Å². The standard InChI is InChI=1S/C16H28O3/c1-7-8-14-15(19-16(5,6)18-14)12(3)10-9-11(2)13(4)17/h7,9-15,17H,1,8H2,2-6H3/b10-9-/t11-,12-,13+,14+,15+/m1/s1. The lowest BCUT2D eigenvalue weighted by molar-refractivity contribution is -0.148. The Kier molecular flexibility index (Phi) is 5.78. The molecule has 1 aliphatic heterocycles. The Balaban J connectivity index is 2.68. The zero-order valence-corrected chi connectivity index (χ0v) is 12.8. The molecule has 0 aromatic carbocycles. The van der Waals surface area contributed by atoms with Crippen molar-refractivity contribution in [3.63, 3.8) is 0 Å². The molecule has 19 heavy (non-hydrogen) atoms. The van der Waals surface area contributed by atoms with Crippen molar-refractivity contribution in [1.29, 1.82) is 0 Å². The van der Waals surface area contributed by atoms with Gasteiger partial charge in [-0.3, -0.25) is 0 Å². The number of ether oxygens (including phenoxy) is 2. The van der Waals surface area contributed by atoms with Gasteiger partial charge in [-0.15, -0.1) is 6.58 Å². The molecule has 0 bridgehead atoms. The number of rotatable bonds is 6. The molecule has 1 rings (SSSR count). The van der Waals surface area contributed by atoms with E-state index in [-0.39, 0.29) is 30.1 Å². The Labute approximate surface area is 117 Å². The topological polar surface area (TPSA) is 38.7 Å². The minimum atomic E-state index is -0.531. The molecule has 0 aromatic heterocycles. The van der Waals surface area contributed by atoms with Crippen molar-refractivity contribution in [2.75, 3.05) is 0 Å². The molecule has 0 aliphatic carbocycles. The van der Waals surface area contributed by atoms with Crippen LogP contribution in [0.2, 0.25) is 0 Å². The quantitative estimate of drug-likeness (QED) is 0.751. The lowest BCUT2D eigenvalue weighted by Gasteiger charge is -2.21. The maximum Gasteiger partial charge on any atom is 0.163 e. The number of aliphatic hydroxyl groups is 1. The predicted molar refractivity (Wildman–Crippen MR) is 77.8 cm³/mol. The molecule has 0 amide bonds. The molecule has 110 valence electrons. The number of hydrogen-bond donors (Lipinski definition) is 1. The third kappa shape index (κ3) is 4.75. The van der Waals surface area contributed by atoms with Crippen LogP contribution in [0.1, 0.15) is 41.0 Å². The summed E-state index contributed by atoms with van der Waals surface area (Å²) >= 11 is 0. The highest BCUT2D eigenvalue weighted by Gasteiger charge is 2.42. The minimum absolute atomic E-state index is 0.0328. The van der Waals surface area contributed by atoms with Gasteiger partial charge >= 0.3 is 0 Å². The highest BCUT2D eigenvalue weighted by molar-refractivity contribution is 4.99. The average Bonchev–Trinajstić information content (AvgIpc) is 2.61. The van der Waals surface area contributed by atoms with E-state index in [1.165, 1.54) is 0 Å². The van der Waals surface area contributed by atoms with Gasteiger partial charge in [0.2, 0.25) is 0 Å². The molecule has 3 nitrogen and oxygen atoms in total. The first-order valence-electron chi connectivity index (χ1n) is 7.09. The summed E-state index contributed by atoms with van der Waals surface area (Å²) in [6.07, 6.45) is 6.58. The van der Waals surface area contributed by atoms with E-state index in [0.717, 1.165) is 6.42 Å². The van der Waals surface area contributed by atoms with Crippen molar-refractivity contribution >= 4 is 0 Å². The first-order valence-corrected chi connectivity index (χ1v) is 7.09. The van der Waals surface area contributed by atoms with Crippen LogP contribution in [0.3, 0.4) is 0 Å². The summed E-state index contributed by atoms with van der Waals surface area (Å²) in [6, 6.07) is 0. The average molecular weight is 268 g/mol. The van der Waals surface area contributed by atoms with E-state index in [1.807, 2.05) is 26.8 Å². The molecule has 1 fully saturated rings. The minimum Gasteiger partial charge on any atom is -0.393 e. The third-order valence-electron chi connectivity index (χ3n) is 3.62. The van der Waals surface area contributed by atoms with Crippen LogP contribution in [0, 0.1) is 11.8 Å². The van der Waals surface area contributed by atoms with Gasteiger partial charge in [0.1, 0.15) is 0 Å². The summed E-state index contributed by atoms with van der Waals surface area (Å²) in [5.74, 6) is -0.139. The fourth-order valence-electron chi connectivity index (χ4n) is 2.28. The van der Waals surface area contributed by atoms with Gasteiger partial charge in [-0.25, -0.2) is 0 Å². The summed E-state index contributed by atoms with van der Waals surface area (Å²) in [5.41, 5.74) is 0. The van der Waals surface area contributed by atoms with Gasteiger partial charge < -0.3 is 14.6 Å². The molecule has 0 spiro atoms. The molecule has 1 saturated heterocycles. The van der Waals surface area contributed by atoms with Gasteiger partial charge in [0.15, 0.2) is 5.79 Å². The van der Waals surface area contributed by atoms with Crippen LogP contribution in [0.5, 0.6) is 0 Å². The first kappa shape index (κ1) is 16.4. The summed E-state index contributed by atoms with van der Waals surface area (Å²) < 4.78 is 11.9. The largest absolute Gasteiger partial charge is 0.393 e. The maximum atomic E-state index is 9.50. The van der Waals surface area contributed by atoms with Crippen molar-refractivity contribution in [3.05, 3.63) is 24.8 Å². The monoisotopic (exact) mass is 268 g/mol. The summed E-state index contributed by atoms with van der Waals surface area (Å²) in [6.45, 7) is 13.6. The molecule has 1 N–H and O–H groups in total. The van der Waals surface area contributed by atoms with Crippen LogP contribution < -0.4 is 0 Å². The van der Waals surface area contributed by atoms with Crippen LogP contribution in [-0.4, -0.2) is 29.2 Å². The zero-order chi connectivity index (χ0) is 14.6. The molecule has 0 aromatic rings. The number of aliphatic hydroxyl groups excluding tert-OH is 1. The van der Waals surface area contributed by atoms with Crippen molar-refractivity contribution in [1.82, 2.24) is 0 Å². The highest BCUT2D eigenvalue weighted by Crippen LogP contribution is 2.34. The second kappa shape index (κ2) is 6.69. The van der Waals surface area contributed by atoms with E-state index in [0.29, 0.717) is 0 Å². The Hall–Kier alpha value is -0.640. The van der Waals surface area contributed by atoms with E-state index < -0.39 is 5.79 Å². The Morgan fingerprint density at radius 1 is 1.21 bits per heavy atom. The molecule has 5 atom stereocenters. The molecular formula is C16H28O3. The SMILES string of the molecule is C=CC[C@@H]1OC(C)(C)O[C@H]1[C@H](C)/C=C\[C@@H](C)[C@H](C)O. The van der Waals surface area contributed by atoms with E-state index in [9.17, 15) is 5.11 Å². The molecule has 3 heteroatoms. The van der Waals surface area contributed by atoms with Crippen molar-refractivity contribution in [2.24, 2.45) is 11.8 Å². The Morgan fingerprint density at radius 2 is 1.84 bits per heavy atom. The molecule has 0 saturated carbocycles. The summed E-state index contributed by atoms with van der Waals surface area (Å²) in [4.78, 5) is 0. The van der Waals surface area contributed by atoms with Crippen molar-refractivity contribution in [2.45, 2.75) is 65.1 Å². The van der Waals surface area contributed by atoms with Gasteiger partial charge in [0.25, 0.3) is 0 Å². The Bertz CT molecular complexity index is 320. The molecule has 0 radical (unpaired) electrons. The van der Waals surface area contributed by atoms with Gasteiger partial charge in [0, 0.05) is 5.92 Å². The van der Waals surface area contributed by atoms with Crippen molar-refractivity contribution < 1.29 is 14.6 Å². The first-order chi connectivity index (χ1) is 8.76. The molecule has 1 heterocycles. The van der Waals surface area contributed by atoms with Gasteiger partial charge in [0.05, 0.1) is 18.3 Å². The zero-order valence-electron chi connectivity index (χ0n) is 12.8. The van der Waals surface area contributed by atoms with Gasteiger partial charge in [-0.2, -0.15) is 0 Å². The third-order valence-corrected chi connectivity index (χ3v) is 3.62. The van der Waals surface area contributed by atoms with E-state index in [1.54, 1.807) is 6.92 Å². The predicted octanol–water partition coefficient (Wildman–Crippen LogP) is 3.29. The van der Waals surface area contributed by atoms with Crippen LogP contribution in [-0.2, 0) is 9.47 Å². The van der Waals surface area contributed by atoms with Crippen LogP contribution >= 0.6 is 0 Å². The fourth-order valence-corrected chi connectivity index (χ4v) is 2.28. The summed E-state index contributed by atoms with van der Waals surface area (Å²) in [7, 11) is 0. The van der Waals surface area contributed by atoms with Crippen LogP contribution in [0.25, 0.3) is 0 Å². The second-order valence-electron chi connectivity index (χ2n) is 6.01. The van der Waals surface area contributed by atoms with E-state index >= 15 is 0 Å². The molecule has 0 unspecified atom stereocenters. The van der Waals surface area contributed by atoms with E-state index in [2.05, 4.69) is 25.7 Å². The maximum absolute atomic E-state index is 9.50. The summed E-state index contributed by atoms with van der Waals surface area (Å²) in [5, 5.41) is 9.50. The lowest BCUT2D eigenvalue weighted by Crippen LogP contribution is -2.28. The lowest BCUT2D eigenvalue weighted by atomic mass is 9.95. The van der Waals surface area contributed by atoms with Crippen LogP contribution in [0.4, 0.5) is 0 Å². The normalized spacial score (nSPS) is 31.3. The molecule has 1 aliphatic rings. The fraction of sp³-hybridized carbons (Fsp3) is 0.750.